The van der Waals surface area contributed by atoms with E-state index in [0.717, 1.165) is 29.2 Å². The van der Waals surface area contributed by atoms with Crippen molar-refractivity contribution in [3.63, 3.8) is 0 Å². The average Bonchev–Trinajstić information content (AvgIpc) is 1.78. The number of hydrogen-bond acceptors (Lipinski definition) is 1. The summed E-state index contributed by atoms with van der Waals surface area (Å²) in [6, 6.07) is 0.822. The van der Waals surface area contributed by atoms with Crippen molar-refractivity contribution >= 4 is 0 Å². The van der Waals surface area contributed by atoms with Crippen molar-refractivity contribution in [1.82, 2.24) is 5.32 Å². The molecule has 1 spiro atoms. The molecule has 2 rings (SSSR count). The molecule has 13 heavy (non-hydrogen) atoms. The largest absolute Gasteiger partial charge is 0.313 e. The van der Waals surface area contributed by atoms with E-state index in [4.69, 9.17) is 0 Å². The Balaban J connectivity index is 1.90. The molecule has 1 aliphatic heterocycles. The van der Waals surface area contributed by atoms with Gasteiger partial charge in [0.2, 0.25) is 0 Å². The highest BCUT2D eigenvalue weighted by Crippen LogP contribution is 2.55. The summed E-state index contributed by atoms with van der Waals surface area (Å²) in [7, 11) is 0. The van der Waals surface area contributed by atoms with E-state index in [0.29, 0.717) is 0 Å². The van der Waals surface area contributed by atoms with E-state index in [1.165, 1.54) is 19.4 Å². The Morgan fingerprint density at radius 3 is 2.00 bits per heavy atom. The maximum absolute atomic E-state index is 3.60. The number of rotatable bonds is 2. The average molecular weight is 181 g/mol. The Kier molecular flexibility index (Phi) is 2.18. The van der Waals surface area contributed by atoms with Crippen molar-refractivity contribution in [2.24, 2.45) is 23.2 Å². The van der Waals surface area contributed by atoms with E-state index < -0.39 is 0 Å². The van der Waals surface area contributed by atoms with Crippen LogP contribution in [0.4, 0.5) is 0 Å². The molecule has 0 aromatic carbocycles. The molecule has 1 saturated heterocycles. The van der Waals surface area contributed by atoms with E-state index in [1.54, 1.807) is 0 Å². The van der Waals surface area contributed by atoms with Gasteiger partial charge in [-0.2, -0.15) is 0 Å². The first-order valence-corrected chi connectivity index (χ1v) is 5.78. The van der Waals surface area contributed by atoms with Crippen molar-refractivity contribution in [3.05, 3.63) is 0 Å². The molecule has 0 aromatic heterocycles. The smallest absolute Gasteiger partial charge is 0.0159 e. The van der Waals surface area contributed by atoms with Gasteiger partial charge in [0, 0.05) is 12.6 Å². The molecular weight excluding hydrogens is 158 g/mol. The summed E-state index contributed by atoms with van der Waals surface area (Å²) < 4.78 is 0. The van der Waals surface area contributed by atoms with Crippen molar-refractivity contribution in [2.45, 2.75) is 46.6 Å². The van der Waals surface area contributed by atoms with Gasteiger partial charge in [-0.25, -0.2) is 0 Å². The van der Waals surface area contributed by atoms with Gasteiger partial charge in [0.05, 0.1) is 0 Å². The lowest BCUT2D eigenvalue weighted by Gasteiger charge is -2.62. The van der Waals surface area contributed by atoms with Gasteiger partial charge in [-0.1, -0.05) is 27.7 Å². The molecule has 1 aliphatic carbocycles. The van der Waals surface area contributed by atoms with Crippen LogP contribution in [0.3, 0.4) is 0 Å². The quantitative estimate of drug-likeness (QED) is 0.690. The van der Waals surface area contributed by atoms with Gasteiger partial charge < -0.3 is 5.32 Å². The van der Waals surface area contributed by atoms with Gasteiger partial charge in [0.1, 0.15) is 0 Å². The lowest BCUT2D eigenvalue weighted by Crippen LogP contribution is -2.69. The maximum Gasteiger partial charge on any atom is 0.0159 e. The van der Waals surface area contributed by atoms with E-state index in [-0.39, 0.29) is 0 Å². The van der Waals surface area contributed by atoms with Crippen molar-refractivity contribution in [2.75, 3.05) is 6.54 Å². The van der Waals surface area contributed by atoms with E-state index in [9.17, 15) is 0 Å². The summed E-state index contributed by atoms with van der Waals surface area (Å²) in [6.45, 7) is 10.7. The summed E-state index contributed by atoms with van der Waals surface area (Å²) in [6.07, 6.45) is 2.97. The summed E-state index contributed by atoms with van der Waals surface area (Å²) >= 11 is 0. The van der Waals surface area contributed by atoms with Crippen LogP contribution in [0.15, 0.2) is 0 Å². The molecule has 0 aromatic rings. The Hall–Kier alpha value is -0.0400. The van der Waals surface area contributed by atoms with Crippen molar-refractivity contribution in [3.8, 4) is 0 Å². The Morgan fingerprint density at radius 2 is 1.69 bits per heavy atom. The molecule has 0 amide bonds. The molecule has 1 saturated carbocycles. The molecule has 1 unspecified atom stereocenters. The van der Waals surface area contributed by atoms with Gasteiger partial charge in [-0.3, -0.25) is 0 Å². The maximum atomic E-state index is 3.60. The molecule has 1 heterocycles. The predicted octanol–water partition coefficient (Wildman–Crippen LogP) is 2.67. The third-order valence-electron chi connectivity index (χ3n) is 4.28. The standard InChI is InChI=1S/C12H23N/c1-8(2)10-5-12(6-10)7-13-11(12)9(3)4/h8-11,13H,5-7H2,1-4H3. The first-order chi connectivity index (χ1) is 6.05. The minimum absolute atomic E-state index is 0.725. The van der Waals surface area contributed by atoms with E-state index in [1.807, 2.05) is 0 Å². The molecule has 1 atom stereocenters. The SMILES string of the molecule is CC(C)C1CC2(CNC2C(C)C)C1. The normalized spacial score (nSPS) is 43.8. The first-order valence-electron chi connectivity index (χ1n) is 5.78. The second kappa shape index (κ2) is 2.98. The van der Waals surface area contributed by atoms with Crippen LogP contribution >= 0.6 is 0 Å². The Morgan fingerprint density at radius 1 is 1.08 bits per heavy atom. The van der Waals surface area contributed by atoms with Crippen LogP contribution in [0.2, 0.25) is 0 Å². The highest BCUT2D eigenvalue weighted by Gasteiger charge is 2.56. The van der Waals surface area contributed by atoms with Crippen LogP contribution < -0.4 is 5.32 Å². The van der Waals surface area contributed by atoms with Crippen molar-refractivity contribution < 1.29 is 0 Å². The topological polar surface area (TPSA) is 12.0 Å². The third-order valence-corrected chi connectivity index (χ3v) is 4.28. The highest BCUT2D eigenvalue weighted by atomic mass is 15.1. The second-order valence-corrected chi connectivity index (χ2v) is 5.88. The molecule has 1 nitrogen and oxygen atoms in total. The Labute approximate surface area is 82.3 Å². The lowest BCUT2D eigenvalue weighted by molar-refractivity contribution is -0.0831. The van der Waals surface area contributed by atoms with Crippen molar-refractivity contribution in [1.29, 1.82) is 0 Å². The molecule has 76 valence electrons. The highest BCUT2D eigenvalue weighted by molar-refractivity contribution is 5.10. The minimum Gasteiger partial charge on any atom is -0.313 e. The van der Waals surface area contributed by atoms with Crippen LogP contribution in [0.25, 0.3) is 0 Å². The van der Waals surface area contributed by atoms with E-state index >= 15 is 0 Å². The fraction of sp³-hybridized carbons (Fsp3) is 1.00. The summed E-state index contributed by atoms with van der Waals surface area (Å²) in [4.78, 5) is 0. The van der Waals surface area contributed by atoms with Crippen LogP contribution in [-0.4, -0.2) is 12.6 Å². The van der Waals surface area contributed by atoms with Crippen LogP contribution in [0.5, 0.6) is 0 Å². The molecule has 0 radical (unpaired) electrons. The zero-order valence-corrected chi connectivity index (χ0v) is 9.43. The van der Waals surface area contributed by atoms with Gasteiger partial charge in [-0.15, -0.1) is 0 Å². The van der Waals surface area contributed by atoms with Crippen LogP contribution in [0, 0.1) is 23.2 Å². The molecule has 1 heteroatoms. The summed E-state index contributed by atoms with van der Waals surface area (Å²) in [5.74, 6) is 2.74. The fourth-order valence-electron chi connectivity index (χ4n) is 3.31. The Bertz CT molecular complexity index is 189. The zero-order chi connectivity index (χ0) is 9.64. The molecule has 1 N–H and O–H groups in total. The summed E-state index contributed by atoms with van der Waals surface area (Å²) in [5, 5.41) is 3.60. The molecular formula is C12H23N. The van der Waals surface area contributed by atoms with Gasteiger partial charge >= 0.3 is 0 Å². The fourth-order valence-corrected chi connectivity index (χ4v) is 3.31. The minimum atomic E-state index is 0.725. The molecule has 2 aliphatic rings. The summed E-state index contributed by atoms with van der Waals surface area (Å²) in [5.41, 5.74) is 0.725. The first kappa shape index (κ1) is 9.51. The monoisotopic (exact) mass is 181 g/mol. The van der Waals surface area contributed by atoms with Crippen LogP contribution in [0.1, 0.15) is 40.5 Å². The molecule has 2 fully saturated rings. The molecule has 0 bridgehead atoms. The van der Waals surface area contributed by atoms with Gasteiger partial charge in [0.25, 0.3) is 0 Å². The van der Waals surface area contributed by atoms with Gasteiger partial charge in [-0.05, 0) is 36.0 Å². The second-order valence-electron chi connectivity index (χ2n) is 5.88. The number of hydrogen-bond donors (Lipinski definition) is 1. The van der Waals surface area contributed by atoms with Gasteiger partial charge in [0.15, 0.2) is 0 Å². The van der Waals surface area contributed by atoms with Crippen LogP contribution in [-0.2, 0) is 0 Å². The number of nitrogens with one attached hydrogen (secondary N) is 1. The lowest BCUT2D eigenvalue weighted by atomic mass is 9.50. The third kappa shape index (κ3) is 1.32. The zero-order valence-electron chi connectivity index (χ0n) is 9.43. The predicted molar refractivity (Wildman–Crippen MR) is 56.6 cm³/mol. The van der Waals surface area contributed by atoms with E-state index in [2.05, 4.69) is 33.0 Å².